The Hall–Kier alpha value is -2.32. The highest BCUT2D eigenvalue weighted by Crippen LogP contribution is 2.30. The minimum atomic E-state index is -0.210. The van der Waals surface area contributed by atoms with Crippen LogP contribution in [0.25, 0.3) is 0 Å². The van der Waals surface area contributed by atoms with Gasteiger partial charge in [-0.05, 0) is 29.7 Å². The lowest BCUT2D eigenvalue weighted by Gasteiger charge is -2.01. The van der Waals surface area contributed by atoms with Gasteiger partial charge in [0, 0.05) is 16.6 Å². The minimum absolute atomic E-state index is 0.121. The molecule has 8 nitrogen and oxygen atoms in total. The molecule has 0 fully saturated rings. The van der Waals surface area contributed by atoms with Crippen molar-refractivity contribution in [1.82, 2.24) is 20.4 Å². The Balaban J connectivity index is 1.17. The molecule has 180 valence electrons. The molecule has 0 spiro atoms. The third kappa shape index (κ3) is 8.69. The highest BCUT2D eigenvalue weighted by Gasteiger charge is 2.13. The number of amides is 2. The number of nitrogens with one attached hydrogen (secondary N) is 2. The van der Waals surface area contributed by atoms with Crippen LogP contribution in [0, 0.1) is 0 Å². The predicted octanol–water partition coefficient (Wildman–Crippen LogP) is 5.75. The number of benzene rings is 2. The smallest absolute Gasteiger partial charge is 0.236 e. The van der Waals surface area contributed by atoms with Crippen molar-refractivity contribution in [1.29, 1.82) is 0 Å². The van der Waals surface area contributed by atoms with Crippen molar-refractivity contribution in [2.75, 3.05) is 16.4 Å². The zero-order valence-electron chi connectivity index (χ0n) is 18.1. The Morgan fingerprint density at radius 1 is 0.800 bits per heavy atom. The van der Waals surface area contributed by atoms with Crippen molar-refractivity contribution in [3.05, 3.63) is 70.2 Å². The Kier molecular flexibility index (Phi) is 9.66. The van der Waals surface area contributed by atoms with E-state index in [2.05, 4.69) is 53.0 Å². The monoisotopic (exact) mass is 606 g/mol. The quantitative estimate of drug-likeness (QED) is 0.164. The fourth-order valence-electron chi connectivity index (χ4n) is 2.78. The SMILES string of the molecule is O=C(CCc1ccccc1)Nc1nnc(SCC(=O)Nc2nnc(SCc3cccc(Br)c3)s2)s1. The average Bonchev–Trinajstić information content (AvgIpc) is 3.50. The Bertz CT molecular complexity index is 1280. The number of anilines is 2. The molecule has 0 aliphatic rings. The van der Waals surface area contributed by atoms with Gasteiger partial charge in [0.05, 0.1) is 5.75 Å². The molecule has 0 saturated carbocycles. The van der Waals surface area contributed by atoms with E-state index in [9.17, 15) is 9.59 Å². The molecule has 0 unspecified atom stereocenters. The number of carbonyl (C=O) groups is 2. The van der Waals surface area contributed by atoms with Crippen molar-refractivity contribution in [3.63, 3.8) is 0 Å². The van der Waals surface area contributed by atoms with Gasteiger partial charge in [-0.15, -0.1) is 20.4 Å². The molecule has 2 heterocycles. The molecular formula is C22H19BrN6O2S4. The molecule has 0 atom stereocenters. The fraction of sp³-hybridized carbons (Fsp3) is 0.182. The average molecular weight is 608 g/mol. The van der Waals surface area contributed by atoms with Gasteiger partial charge in [0.15, 0.2) is 8.68 Å². The van der Waals surface area contributed by atoms with Crippen LogP contribution in [0.5, 0.6) is 0 Å². The number of thioether (sulfide) groups is 2. The van der Waals surface area contributed by atoms with Gasteiger partial charge >= 0.3 is 0 Å². The third-order valence-corrected chi connectivity index (χ3v) is 8.88. The Labute approximate surface area is 226 Å². The molecule has 2 aromatic carbocycles. The normalized spacial score (nSPS) is 10.8. The summed E-state index contributed by atoms with van der Waals surface area (Å²) in [5, 5.41) is 22.6. The molecule has 0 aliphatic carbocycles. The van der Waals surface area contributed by atoms with Gasteiger partial charge in [0.25, 0.3) is 0 Å². The number of aromatic nitrogens is 4. The zero-order chi connectivity index (χ0) is 24.5. The molecule has 4 rings (SSSR count). The standard InChI is InChI=1S/C22H19BrN6O2S4/c23-16-8-4-7-15(11-16)12-32-21-28-27-20(35-21)25-18(31)13-33-22-29-26-19(34-22)24-17(30)10-9-14-5-2-1-3-6-14/h1-8,11H,9-10,12-13H2,(H,24,26,30)(H,25,27,31). The number of carbonyl (C=O) groups excluding carboxylic acids is 2. The first-order chi connectivity index (χ1) is 17.0. The van der Waals surface area contributed by atoms with E-state index in [0.29, 0.717) is 27.4 Å². The van der Waals surface area contributed by atoms with Gasteiger partial charge in [-0.25, -0.2) is 0 Å². The highest BCUT2D eigenvalue weighted by molar-refractivity contribution is 9.10. The van der Waals surface area contributed by atoms with E-state index in [1.54, 1.807) is 11.8 Å². The van der Waals surface area contributed by atoms with Gasteiger partial charge in [0.1, 0.15) is 0 Å². The second-order valence-electron chi connectivity index (χ2n) is 7.04. The third-order valence-electron chi connectivity index (χ3n) is 4.37. The summed E-state index contributed by atoms with van der Waals surface area (Å²) >= 11 is 8.86. The van der Waals surface area contributed by atoms with Crippen molar-refractivity contribution < 1.29 is 9.59 Å². The van der Waals surface area contributed by atoms with Crippen LogP contribution in [0.2, 0.25) is 0 Å². The first-order valence-corrected chi connectivity index (χ1v) is 14.7. The van der Waals surface area contributed by atoms with Gasteiger partial charge in [-0.1, -0.05) is 105 Å². The number of halogens is 1. The maximum atomic E-state index is 12.3. The van der Waals surface area contributed by atoms with Gasteiger partial charge in [0.2, 0.25) is 22.1 Å². The van der Waals surface area contributed by atoms with E-state index in [-0.39, 0.29) is 17.6 Å². The van der Waals surface area contributed by atoms with E-state index in [0.717, 1.165) is 20.1 Å². The maximum Gasteiger partial charge on any atom is 0.236 e. The molecule has 13 heteroatoms. The van der Waals surface area contributed by atoms with Gasteiger partial charge in [-0.2, -0.15) is 0 Å². The predicted molar refractivity (Wildman–Crippen MR) is 146 cm³/mol. The van der Waals surface area contributed by atoms with Crippen LogP contribution in [0.4, 0.5) is 10.3 Å². The molecule has 0 saturated heterocycles. The van der Waals surface area contributed by atoms with Crippen LogP contribution in [0.1, 0.15) is 17.5 Å². The summed E-state index contributed by atoms with van der Waals surface area (Å²) in [5.41, 5.74) is 2.28. The molecular weight excluding hydrogens is 588 g/mol. The van der Waals surface area contributed by atoms with Crippen LogP contribution in [-0.2, 0) is 21.8 Å². The van der Waals surface area contributed by atoms with E-state index >= 15 is 0 Å². The van der Waals surface area contributed by atoms with Crippen LogP contribution in [0.3, 0.4) is 0 Å². The lowest BCUT2D eigenvalue weighted by molar-refractivity contribution is -0.116. The number of hydrogen-bond acceptors (Lipinski definition) is 10. The molecule has 2 amide bonds. The molecule has 35 heavy (non-hydrogen) atoms. The van der Waals surface area contributed by atoms with E-state index in [1.807, 2.05) is 48.5 Å². The molecule has 2 aromatic heterocycles. The lowest BCUT2D eigenvalue weighted by Crippen LogP contribution is -2.13. The summed E-state index contributed by atoms with van der Waals surface area (Å²) in [6.45, 7) is 0. The molecule has 0 aliphatic heterocycles. The summed E-state index contributed by atoms with van der Waals surface area (Å²) < 4.78 is 2.41. The molecule has 0 radical (unpaired) electrons. The van der Waals surface area contributed by atoms with Crippen molar-refractivity contribution in [2.24, 2.45) is 0 Å². The van der Waals surface area contributed by atoms with Gasteiger partial charge in [-0.3, -0.25) is 14.9 Å². The van der Waals surface area contributed by atoms with E-state index < -0.39 is 0 Å². The molecule has 2 N–H and O–H groups in total. The van der Waals surface area contributed by atoms with E-state index in [1.165, 1.54) is 40.0 Å². The fourth-order valence-corrected chi connectivity index (χ4v) is 6.50. The second-order valence-corrected chi connectivity index (χ2v) is 12.4. The second kappa shape index (κ2) is 13.1. The summed E-state index contributed by atoms with van der Waals surface area (Å²) in [6, 6.07) is 17.9. The van der Waals surface area contributed by atoms with Crippen LogP contribution in [0.15, 0.2) is 67.7 Å². The number of rotatable bonds is 11. The maximum absolute atomic E-state index is 12.3. The van der Waals surface area contributed by atoms with Crippen molar-refractivity contribution in [3.8, 4) is 0 Å². The number of aryl methyl sites for hydroxylation is 1. The lowest BCUT2D eigenvalue weighted by atomic mass is 10.1. The minimum Gasteiger partial charge on any atom is -0.300 e. The van der Waals surface area contributed by atoms with Gasteiger partial charge < -0.3 is 5.32 Å². The highest BCUT2D eigenvalue weighted by atomic mass is 79.9. The van der Waals surface area contributed by atoms with E-state index in [4.69, 9.17) is 0 Å². The Morgan fingerprint density at radius 2 is 1.46 bits per heavy atom. The van der Waals surface area contributed by atoms with Crippen molar-refractivity contribution >= 4 is 84.2 Å². The van der Waals surface area contributed by atoms with Crippen LogP contribution < -0.4 is 10.6 Å². The van der Waals surface area contributed by atoms with Crippen LogP contribution >= 0.6 is 62.1 Å². The number of nitrogens with zero attached hydrogens (tertiary/aromatic N) is 4. The summed E-state index contributed by atoms with van der Waals surface area (Å²) in [5.74, 6) is 0.582. The van der Waals surface area contributed by atoms with Crippen LogP contribution in [-0.4, -0.2) is 38.0 Å². The largest absolute Gasteiger partial charge is 0.300 e. The molecule has 4 aromatic rings. The zero-order valence-corrected chi connectivity index (χ0v) is 23.0. The Morgan fingerprint density at radius 3 is 2.17 bits per heavy atom. The summed E-state index contributed by atoms with van der Waals surface area (Å²) in [7, 11) is 0. The summed E-state index contributed by atoms with van der Waals surface area (Å²) in [4.78, 5) is 24.4. The first kappa shape index (κ1) is 25.8. The summed E-state index contributed by atoms with van der Waals surface area (Å²) in [6.07, 6.45) is 1.02. The molecule has 0 bridgehead atoms. The first-order valence-electron chi connectivity index (χ1n) is 10.3. The topological polar surface area (TPSA) is 110 Å². The van der Waals surface area contributed by atoms with Crippen molar-refractivity contribution in [2.45, 2.75) is 27.3 Å². The number of hydrogen-bond donors (Lipinski definition) is 2.